The van der Waals surface area contributed by atoms with Crippen LogP contribution in [0, 0.1) is 13.8 Å². The fraction of sp³-hybridized carbons (Fsp3) is 0.500. The standard InChI is InChI=1S/C16H20F2N4/c1-11-10-12(2)22(21-11)15-5-3-4-14(20-15)19-13-6-8-16(17,18)9-7-13/h3-5,10,13H,6-9H2,1-2H3,(H,19,20). The highest BCUT2D eigenvalue weighted by Crippen LogP contribution is 2.34. The molecule has 0 saturated heterocycles. The minimum Gasteiger partial charge on any atom is -0.367 e. The van der Waals surface area contributed by atoms with Crippen LogP contribution in [0.15, 0.2) is 24.3 Å². The zero-order valence-electron chi connectivity index (χ0n) is 12.8. The molecule has 0 bridgehead atoms. The van der Waals surface area contributed by atoms with Crippen LogP contribution in [0.5, 0.6) is 0 Å². The maximum Gasteiger partial charge on any atom is 0.248 e. The molecule has 2 heterocycles. The van der Waals surface area contributed by atoms with Gasteiger partial charge in [0, 0.05) is 24.6 Å². The summed E-state index contributed by atoms with van der Waals surface area (Å²) in [6.45, 7) is 3.92. The first-order valence-corrected chi connectivity index (χ1v) is 7.58. The van der Waals surface area contributed by atoms with Crippen molar-refractivity contribution in [1.82, 2.24) is 14.8 Å². The first-order valence-electron chi connectivity index (χ1n) is 7.58. The molecule has 3 rings (SSSR count). The van der Waals surface area contributed by atoms with Crippen LogP contribution in [0.2, 0.25) is 0 Å². The molecular formula is C16H20F2N4. The summed E-state index contributed by atoms with van der Waals surface area (Å²) in [5.74, 6) is -1.06. The van der Waals surface area contributed by atoms with Crippen LogP contribution < -0.4 is 5.32 Å². The highest BCUT2D eigenvalue weighted by molar-refractivity contribution is 5.41. The number of hydrogen-bond acceptors (Lipinski definition) is 3. The van der Waals surface area contributed by atoms with Crippen LogP contribution in [-0.2, 0) is 0 Å². The van der Waals surface area contributed by atoms with Gasteiger partial charge in [-0.2, -0.15) is 5.10 Å². The Bertz CT molecular complexity index is 656. The van der Waals surface area contributed by atoms with Gasteiger partial charge in [0.2, 0.25) is 5.92 Å². The lowest BCUT2D eigenvalue weighted by Gasteiger charge is -2.29. The van der Waals surface area contributed by atoms with Gasteiger partial charge >= 0.3 is 0 Å². The second-order valence-electron chi connectivity index (χ2n) is 5.99. The smallest absolute Gasteiger partial charge is 0.248 e. The molecule has 1 aliphatic carbocycles. The van der Waals surface area contributed by atoms with Gasteiger partial charge in [0.25, 0.3) is 0 Å². The number of rotatable bonds is 3. The van der Waals surface area contributed by atoms with Gasteiger partial charge in [-0.25, -0.2) is 18.4 Å². The largest absolute Gasteiger partial charge is 0.367 e. The molecule has 118 valence electrons. The average molecular weight is 306 g/mol. The Hall–Kier alpha value is -1.98. The molecule has 4 nitrogen and oxygen atoms in total. The average Bonchev–Trinajstić information content (AvgIpc) is 2.80. The highest BCUT2D eigenvalue weighted by atomic mass is 19.3. The van der Waals surface area contributed by atoms with E-state index in [1.165, 1.54) is 0 Å². The lowest BCUT2D eigenvalue weighted by molar-refractivity contribution is -0.0361. The summed E-state index contributed by atoms with van der Waals surface area (Å²) in [7, 11) is 0. The minimum absolute atomic E-state index is 0.0538. The fourth-order valence-corrected chi connectivity index (χ4v) is 2.88. The van der Waals surface area contributed by atoms with Gasteiger partial charge < -0.3 is 5.32 Å². The number of hydrogen-bond donors (Lipinski definition) is 1. The van der Waals surface area contributed by atoms with Gasteiger partial charge in [0.15, 0.2) is 5.82 Å². The number of halogens is 2. The number of nitrogens with zero attached hydrogens (tertiary/aromatic N) is 3. The summed E-state index contributed by atoms with van der Waals surface area (Å²) in [5.41, 5.74) is 1.95. The van der Waals surface area contributed by atoms with Crippen LogP contribution in [0.1, 0.15) is 37.1 Å². The van der Waals surface area contributed by atoms with Crippen LogP contribution >= 0.6 is 0 Å². The lowest BCUT2D eigenvalue weighted by Crippen LogP contribution is -2.32. The Labute approximate surface area is 128 Å². The summed E-state index contributed by atoms with van der Waals surface area (Å²) >= 11 is 0. The van der Waals surface area contributed by atoms with Gasteiger partial charge in [-0.3, -0.25) is 0 Å². The van der Waals surface area contributed by atoms with Crippen molar-refractivity contribution < 1.29 is 8.78 Å². The summed E-state index contributed by atoms with van der Waals surface area (Å²) < 4.78 is 28.2. The Morgan fingerprint density at radius 3 is 2.59 bits per heavy atom. The topological polar surface area (TPSA) is 42.7 Å². The third kappa shape index (κ3) is 3.26. The molecule has 22 heavy (non-hydrogen) atoms. The zero-order valence-corrected chi connectivity index (χ0v) is 12.8. The molecule has 0 atom stereocenters. The second-order valence-corrected chi connectivity index (χ2v) is 5.99. The molecular weight excluding hydrogens is 286 g/mol. The molecule has 2 aromatic rings. The molecule has 0 unspecified atom stereocenters. The molecule has 0 aliphatic heterocycles. The second kappa shape index (κ2) is 5.66. The van der Waals surface area contributed by atoms with E-state index in [0.29, 0.717) is 18.7 Å². The molecule has 0 amide bonds. The predicted molar refractivity (Wildman–Crippen MR) is 81.7 cm³/mol. The normalized spacial score (nSPS) is 18.4. The van der Waals surface area contributed by atoms with Gasteiger partial charge in [-0.15, -0.1) is 0 Å². The van der Waals surface area contributed by atoms with Crippen molar-refractivity contribution in [3.8, 4) is 5.82 Å². The predicted octanol–water partition coefficient (Wildman–Crippen LogP) is 3.87. The van der Waals surface area contributed by atoms with E-state index < -0.39 is 5.92 Å². The molecule has 1 saturated carbocycles. The Kier molecular flexibility index (Phi) is 3.85. The van der Waals surface area contributed by atoms with Crippen molar-refractivity contribution >= 4 is 5.82 Å². The molecule has 6 heteroatoms. The number of anilines is 1. The SMILES string of the molecule is Cc1cc(C)n(-c2cccc(NC3CCC(F)(F)CC3)n2)n1. The number of aromatic nitrogens is 3. The van der Waals surface area contributed by atoms with E-state index in [1.807, 2.05) is 38.1 Å². The first kappa shape index (κ1) is 14.9. The first-order chi connectivity index (χ1) is 10.4. The molecule has 1 N–H and O–H groups in total. The molecule has 0 aromatic carbocycles. The quantitative estimate of drug-likeness (QED) is 0.936. The number of nitrogens with one attached hydrogen (secondary N) is 1. The van der Waals surface area contributed by atoms with Gasteiger partial charge in [-0.05, 0) is 44.9 Å². The number of pyridine rings is 1. The van der Waals surface area contributed by atoms with Crippen molar-refractivity contribution in [3.05, 3.63) is 35.7 Å². The summed E-state index contributed by atoms with van der Waals surface area (Å²) in [6.07, 6.45) is 0.835. The van der Waals surface area contributed by atoms with Crippen LogP contribution in [-0.4, -0.2) is 26.7 Å². The van der Waals surface area contributed by atoms with Crippen molar-refractivity contribution in [2.24, 2.45) is 0 Å². The molecule has 0 radical (unpaired) electrons. The Balaban J connectivity index is 1.73. The maximum atomic E-state index is 13.2. The molecule has 0 spiro atoms. The van der Waals surface area contributed by atoms with E-state index in [1.54, 1.807) is 4.68 Å². The van der Waals surface area contributed by atoms with Crippen molar-refractivity contribution in [2.75, 3.05) is 5.32 Å². The van der Waals surface area contributed by atoms with Crippen molar-refractivity contribution in [2.45, 2.75) is 51.5 Å². The van der Waals surface area contributed by atoms with Gasteiger partial charge in [0.1, 0.15) is 5.82 Å². The van der Waals surface area contributed by atoms with E-state index >= 15 is 0 Å². The third-order valence-corrected chi connectivity index (χ3v) is 4.03. The summed E-state index contributed by atoms with van der Waals surface area (Å²) in [6, 6.07) is 7.70. The van der Waals surface area contributed by atoms with Gasteiger partial charge in [0.05, 0.1) is 5.69 Å². The van der Waals surface area contributed by atoms with E-state index in [4.69, 9.17) is 0 Å². The van der Waals surface area contributed by atoms with E-state index in [9.17, 15) is 8.78 Å². The monoisotopic (exact) mass is 306 g/mol. The molecule has 1 fully saturated rings. The Morgan fingerprint density at radius 2 is 1.95 bits per heavy atom. The van der Waals surface area contributed by atoms with E-state index in [-0.39, 0.29) is 18.9 Å². The van der Waals surface area contributed by atoms with Crippen LogP contribution in [0.4, 0.5) is 14.6 Å². The zero-order chi connectivity index (χ0) is 15.7. The van der Waals surface area contributed by atoms with Crippen molar-refractivity contribution in [1.29, 1.82) is 0 Å². The van der Waals surface area contributed by atoms with Gasteiger partial charge in [-0.1, -0.05) is 6.07 Å². The fourth-order valence-electron chi connectivity index (χ4n) is 2.88. The number of alkyl halides is 2. The van der Waals surface area contributed by atoms with E-state index in [2.05, 4.69) is 15.4 Å². The van der Waals surface area contributed by atoms with Crippen molar-refractivity contribution in [3.63, 3.8) is 0 Å². The highest BCUT2D eigenvalue weighted by Gasteiger charge is 2.34. The van der Waals surface area contributed by atoms with Crippen LogP contribution in [0.25, 0.3) is 5.82 Å². The summed E-state index contributed by atoms with van der Waals surface area (Å²) in [4.78, 5) is 4.55. The lowest BCUT2D eigenvalue weighted by atomic mass is 9.92. The summed E-state index contributed by atoms with van der Waals surface area (Å²) in [5, 5.41) is 7.68. The maximum absolute atomic E-state index is 13.2. The molecule has 1 aliphatic rings. The van der Waals surface area contributed by atoms with E-state index in [0.717, 1.165) is 17.2 Å². The van der Waals surface area contributed by atoms with Crippen LogP contribution in [0.3, 0.4) is 0 Å². The number of aryl methyl sites for hydroxylation is 2. The molecule has 2 aromatic heterocycles. The Morgan fingerprint density at radius 1 is 1.23 bits per heavy atom. The minimum atomic E-state index is -2.50. The third-order valence-electron chi connectivity index (χ3n) is 4.03.